The molecule has 0 amide bonds. The van der Waals surface area contributed by atoms with Crippen molar-refractivity contribution >= 4 is 11.0 Å². The van der Waals surface area contributed by atoms with Gasteiger partial charge in [0.15, 0.2) is 11.9 Å². The summed E-state index contributed by atoms with van der Waals surface area (Å²) < 4.78 is 83.9. The van der Waals surface area contributed by atoms with E-state index in [4.69, 9.17) is 9.84 Å². The first-order chi connectivity index (χ1) is 11.9. The Morgan fingerprint density at radius 2 is 1.73 bits per heavy atom. The molecule has 1 fully saturated rings. The summed E-state index contributed by atoms with van der Waals surface area (Å²) >= 11 is 0. The smallest absolute Gasteiger partial charge is 0.394 e. The van der Waals surface area contributed by atoms with Crippen LogP contribution in [0.25, 0.3) is 11.0 Å². The number of rotatable bonds is 2. The lowest BCUT2D eigenvalue weighted by atomic mass is 10.1. The fourth-order valence-corrected chi connectivity index (χ4v) is 2.67. The molecule has 2 aromatic rings. The Bertz CT molecular complexity index is 821. The molecule has 0 aliphatic carbocycles. The van der Waals surface area contributed by atoms with E-state index in [2.05, 4.69) is 10.1 Å². The average molecular weight is 387 g/mol. The van der Waals surface area contributed by atoms with Gasteiger partial charge in [0.2, 0.25) is 0 Å². The van der Waals surface area contributed by atoms with Crippen molar-refractivity contribution in [3.05, 3.63) is 23.5 Å². The third kappa shape index (κ3) is 3.00. The molecule has 1 aliphatic heterocycles. The quantitative estimate of drug-likeness (QED) is 0.667. The summed E-state index contributed by atoms with van der Waals surface area (Å²) in [5.74, 6) is 0. The number of hydrogen-bond acceptors (Lipinski definition) is 6. The zero-order valence-corrected chi connectivity index (χ0v) is 12.5. The molecule has 3 N–H and O–H groups in total. The number of alkyl halides is 6. The van der Waals surface area contributed by atoms with Gasteiger partial charge in [-0.15, -0.1) is 0 Å². The van der Waals surface area contributed by atoms with Crippen LogP contribution in [0.2, 0.25) is 0 Å². The normalized spacial score (nSPS) is 27.4. The van der Waals surface area contributed by atoms with Crippen molar-refractivity contribution in [2.75, 3.05) is 6.61 Å². The number of halogens is 6. The number of aromatic nitrogens is 3. The molecule has 0 spiro atoms. The summed E-state index contributed by atoms with van der Waals surface area (Å²) in [6.07, 6.45) is -15.9. The van der Waals surface area contributed by atoms with Crippen LogP contribution in [0.4, 0.5) is 26.3 Å². The first-order valence-electron chi connectivity index (χ1n) is 7.10. The molecule has 0 bridgehead atoms. The molecule has 0 radical (unpaired) electrons. The summed E-state index contributed by atoms with van der Waals surface area (Å²) in [6.45, 7) is -0.733. The van der Waals surface area contributed by atoms with Crippen LogP contribution in [0, 0.1) is 0 Å². The monoisotopic (exact) mass is 387 g/mol. The van der Waals surface area contributed by atoms with E-state index in [1.807, 2.05) is 0 Å². The number of fused-ring (bicyclic) bond motifs is 1. The predicted molar refractivity (Wildman–Crippen MR) is 70.5 cm³/mol. The zero-order chi connectivity index (χ0) is 19.4. The molecule has 13 heteroatoms. The lowest BCUT2D eigenvalue weighted by molar-refractivity contribution is -0.144. The molecular formula is C13H11F6N3O4. The van der Waals surface area contributed by atoms with E-state index >= 15 is 0 Å². The van der Waals surface area contributed by atoms with Crippen molar-refractivity contribution in [3.63, 3.8) is 0 Å². The van der Waals surface area contributed by atoms with Gasteiger partial charge in [0.1, 0.15) is 24.0 Å². The van der Waals surface area contributed by atoms with Crippen molar-refractivity contribution in [2.45, 2.75) is 36.9 Å². The van der Waals surface area contributed by atoms with Crippen LogP contribution in [0.15, 0.2) is 12.3 Å². The van der Waals surface area contributed by atoms with Crippen LogP contribution in [-0.4, -0.2) is 55.0 Å². The number of nitrogens with zero attached hydrogens (tertiary/aromatic N) is 3. The highest BCUT2D eigenvalue weighted by Crippen LogP contribution is 2.40. The van der Waals surface area contributed by atoms with Crippen LogP contribution in [0.1, 0.15) is 17.5 Å². The SMILES string of the molecule is OCC1OC(n2ncc3c(C(F)(F)F)cc(C(F)(F)F)nc32)C(O)C1O. The van der Waals surface area contributed by atoms with Crippen LogP contribution in [0.3, 0.4) is 0 Å². The van der Waals surface area contributed by atoms with Gasteiger partial charge in [0.25, 0.3) is 0 Å². The van der Waals surface area contributed by atoms with Gasteiger partial charge in [-0.2, -0.15) is 31.4 Å². The van der Waals surface area contributed by atoms with Gasteiger partial charge in [-0.1, -0.05) is 0 Å². The van der Waals surface area contributed by atoms with E-state index in [0.717, 1.165) is 0 Å². The van der Waals surface area contributed by atoms with Gasteiger partial charge in [-0.05, 0) is 6.07 Å². The van der Waals surface area contributed by atoms with Gasteiger partial charge in [0.05, 0.1) is 23.8 Å². The van der Waals surface area contributed by atoms with Crippen LogP contribution >= 0.6 is 0 Å². The zero-order valence-electron chi connectivity index (χ0n) is 12.5. The van der Waals surface area contributed by atoms with Gasteiger partial charge >= 0.3 is 12.4 Å². The molecule has 0 saturated carbocycles. The second-order valence-electron chi connectivity index (χ2n) is 5.61. The third-order valence-corrected chi connectivity index (χ3v) is 3.92. The van der Waals surface area contributed by atoms with Crippen LogP contribution in [0.5, 0.6) is 0 Å². The van der Waals surface area contributed by atoms with Crippen molar-refractivity contribution in [1.29, 1.82) is 0 Å². The Labute approximate surface area is 140 Å². The van der Waals surface area contributed by atoms with Crippen molar-refractivity contribution < 1.29 is 46.4 Å². The Hall–Kier alpha value is -1.96. The minimum absolute atomic E-state index is 0.133. The van der Waals surface area contributed by atoms with E-state index in [-0.39, 0.29) is 6.07 Å². The first kappa shape index (κ1) is 18.8. The standard InChI is InChI=1S/C13H11F6N3O4/c14-12(15,16)5-1-7(13(17,18)19)21-10-4(5)2-20-22(10)11-9(25)8(24)6(3-23)26-11/h1-2,6,8-9,11,23-25H,3H2. The van der Waals surface area contributed by atoms with Crippen molar-refractivity contribution in [1.82, 2.24) is 14.8 Å². The molecule has 1 saturated heterocycles. The van der Waals surface area contributed by atoms with Gasteiger partial charge in [0, 0.05) is 0 Å². The number of aliphatic hydroxyl groups is 3. The fraction of sp³-hybridized carbons (Fsp3) is 0.538. The van der Waals surface area contributed by atoms with E-state index in [0.29, 0.717) is 10.9 Å². The summed E-state index contributed by atoms with van der Waals surface area (Å²) in [4.78, 5) is 3.18. The Balaban J connectivity index is 2.20. The van der Waals surface area contributed by atoms with E-state index in [9.17, 15) is 36.6 Å². The highest BCUT2D eigenvalue weighted by Gasteiger charge is 2.46. The Morgan fingerprint density at radius 1 is 1.08 bits per heavy atom. The second-order valence-corrected chi connectivity index (χ2v) is 5.61. The van der Waals surface area contributed by atoms with Crippen molar-refractivity contribution in [2.24, 2.45) is 0 Å². The molecule has 4 atom stereocenters. The van der Waals surface area contributed by atoms with E-state index in [1.54, 1.807) is 0 Å². The molecule has 7 nitrogen and oxygen atoms in total. The van der Waals surface area contributed by atoms with E-state index in [1.165, 1.54) is 0 Å². The second kappa shape index (κ2) is 6.04. The summed E-state index contributed by atoms with van der Waals surface area (Å²) in [6, 6.07) is -0.133. The Kier molecular flexibility index (Phi) is 4.37. The number of ether oxygens (including phenoxy) is 1. The maximum atomic E-state index is 13.1. The van der Waals surface area contributed by atoms with Gasteiger partial charge in [-0.25, -0.2) is 9.67 Å². The molecule has 0 aromatic carbocycles. The number of hydrogen-bond donors (Lipinski definition) is 3. The molecule has 2 aromatic heterocycles. The summed E-state index contributed by atoms with van der Waals surface area (Å²) in [7, 11) is 0. The molecule has 4 unspecified atom stereocenters. The van der Waals surface area contributed by atoms with Crippen LogP contribution < -0.4 is 0 Å². The number of pyridine rings is 1. The molecule has 3 heterocycles. The third-order valence-electron chi connectivity index (χ3n) is 3.92. The lowest BCUT2D eigenvalue weighted by Gasteiger charge is -2.17. The topological polar surface area (TPSA) is 101 Å². The molecular weight excluding hydrogens is 376 g/mol. The van der Waals surface area contributed by atoms with Crippen LogP contribution in [-0.2, 0) is 17.1 Å². The molecule has 26 heavy (non-hydrogen) atoms. The minimum atomic E-state index is -5.16. The highest BCUT2D eigenvalue weighted by molar-refractivity contribution is 5.80. The molecule has 144 valence electrons. The maximum Gasteiger partial charge on any atom is 0.433 e. The molecule has 3 rings (SSSR count). The minimum Gasteiger partial charge on any atom is -0.394 e. The largest absolute Gasteiger partial charge is 0.433 e. The van der Waals surface area contributed by atoms with Crippen molar-refractivity contribution in [3.8, 4) is 0 Å². The highest BCUT2D eigenvalue weighted by atomic mass is 19.4. The summed E-state index contributed by atoms with van der Waals surface area (Å²) in [5, 5.41) is 31.5. The Morgan fingerprint density at radius 3 is 2.23 bits per heavy atom. The van der Waals surface area contributed by atoms with Gasteiger partial charge < -0.3 is 20.1 Å². The first-order valence-corrected chi connectivity index (χ1v) is 7.10. The number of aliphatic hydroxyl groups excluding tert-OH is 3. The average Bonchev–Trinajstić information content (AvgIpc) is 3.07. The van der Waals surface area contributed by atoms with Gasteiger partial charge in [-0.3, -0.25) is 0 Å². The lowest BCUT2D eigenvalue weighted by Crippen LogP contribution is -2.33. The fourth-order valence-electron chi connectivity index (χ4n) is 2.67. The predicted octanol–water partition coefficient (Wildman–Crippen LogP) is 1.08. The maximum absolute atomic E-state index is 13.1. The summed E-state index contributed by atoms with van der Waals surface area (Å²) in [5.41, 5.74) is -4.24. The van der Waals surface area contributed by atoms with E-state index < -0.39 is 65.8 Å². The molecule has 1 aliphatic rings.